The Morgan fingerprint density at radius 1 is 1.41 bits per heavy atom. The first kappa shape index (κ1) is 11.7. The quantitative estimate of drug-likeness (QED) is 0.787. The molecule has 2 heterocycles. The Bertz CT molecular complexity index is 680. The zero-order valence-electron chi connectivity index (χ0n) is 9.16. The van der Waals surface area contributed by atoms with Crippen molar-refractivity contribution >= 4 is 28.8 Å². The van der Waals surface area contributed by atoms with E-state index in [1.807, 2.05) is 6.08 Å². The summed E-state index contributed by atoms with van der Waals surface area (Å²) in [7, 11) is 1.55. The number of nitrogens with one attached hydrogen (secondary N) is 2. The van der Waals surface area contributed by atoms with Gasteiger partial charge in [-0.3, -0.25) is 14.3 Å². The standard InChI is InChI=1S/C10H11ClN4O2/c1-15-8-7(9(16)14-10(15)17)12-6(13-8)4-2-3-5-11/h2,4H,3,5H2,1H3,(H,12,13)(H,14,16,17). The first-order valence-electron chi connectivity index (χ1n) is 5.05. The number of imidazole rings is 1. The summed E-state index contributed by atoms with van der Waals surface area (Å²) < 4.78 is 1.28. The van der Waals surface area contributed by atoms with E-state index in [1.165, 1.54) is 4.57 Å². The molecular formula is C10H11ClN4O2. The summed E-state index contributed by atoms with van der Waals surface area (Å²) in [5.74, 6) is 1.05. The van der Waals surface area contributed by atoms with Gasteiger partial charge in [-0.05, 0) is 12.5 Å². The lowest BCUT2D eigenvalue weighted by molar-refractivity contribution is 0.832. The van der Waals surface area contributed by atoms with Crippen molar-refractivity contribution < 1.29 is 0 Å². The molecule has 2 aromatic heterocycles. The van der Waals surface area contributed by atoms with Crippen molar-refractivity contribution in [1.29, 1.82) is 0 Å². The van der Waals surface area contributed by atoms with Gasteiger partial charge in [0.05, 0.1) is 0 Å². The van der Waals surface area contributed by atoms with Gasteiger partial charge in [-0.15, -0.1) is 11.6 Å². The fraction of sp³-hybridized carbons (Fsp3) is 0.300. The predicted molar refractivity (Wildman–Crippen MR) is 66.3 cm³/mol. The van der Waals surface area contributed by atoms with E-state index in [0.29, 0.717) is 23.8 Å². The van der Waals surface area contributed by atoms with Crippen LogP contribution in [0.3, 0.4) is 0 Å². The Labute approximate surface area is 101 Å². The van der Waals surface area contributed by atoms with Gasteiger partial charge in [0.1, 0.15) is 11.3 Å². The summed E-state index contributed by atoms with van der Waals surface area (Å²) in [4.78, 5) is 32.1. The first-order chi connectivity index (χ1) is 8.13. The van der Waals surface area contributed by atoms with Crippen molar-refractivity contribution in [2.45, 2.75) is 6.42 Å². The maximum Gasteiger partial charge on any atom is 0.329 e. The Balaban J connectivity index is 2.58. The lowest BCUT2D eigenvalue weighted by atomic mass is 10.4. The second-order valence-electron chi connectivity index (χ2n) is 3.52. The lowest BCUT2D eigenvalue weighted by Gasteiger charge is -1.94. The zero-order valence-corrected chi connectivity index (χ0v) is 9.91. The number of aromatic amines is 2. The molecule has 0 amide bonds. The van der Waals surface area contributed by atoms with Gasteiger partial charge in [-0.2, -0.15) is 0 Å². The summed E-state index contributed by atoms with van der Waals surface area (Å²) >= 11 is 5.54. The third-order valence-corrected chi connectivity index (χ3v) is 2.54. The maximum atomic E-state index is 11.5. The zero-order chi connectivity index (χ0) is 12.4. The van der Waals surface area contributed by atoms with Crippen LogP contribution in [0.5, 0.6) is 0 Å². The molecule has 0 fully saturated rings. The molecule has 0 bridgehead atoms. The Morgan fingerprint density at radius 2 is 2.18 bits per heavy atom. The van der Waals surface area contributed by atoms with E-state index in [4.69, 9.17) is 11.6 Å². The molecule has 0 atom stereocenters. The Morgan fingerprint density at radius 3 is 2.88 bits per heavy atom. The van der Waals surface area contributed by atoms with Gasteiger partial charge in [0.25, 0.3) is 5.56 Å². The van der Waals surface area contributed by atoms with Gasteiger partial charge in [-0.1, -0.05) is 6.08 Å². The molecular weight excluding hydrogens is 244 g/mol. The molecule has 0 radical (unpaired) electrons. The molecule has 0 aliphatic heterocycles. The summed E-state index contributed by atoms with van der Waals surface area (Å²) in [5, 5.41) is 0. The second kappa shape index (κ2) is 4.58. The number of rotatable bonds is 3. The lowest BCUT2D eigenvalue weighted by Crippen LogP contribution is -2.28. The number of allylic oxidation sites excluding steroid dienone is 1. The number of halogens is 1. The number of alkyl halides is 1. The van der Waals surface area contributed by atoms with Crippen molar-refractivity contribution in [2.24, 2.45) is 7.05 Å². The fourth-order valence-electron chi connectivity index (χ4n) is 1.46. The summed E-state index contributed by atoms with van der Waals surface area (Å²) in [6, 6.07) is 0. The van der Waals surface area contributed by atoms with Gasteiger partial charge in [0, 0.05) is 12.9 Å². The van der Waals surface area contributed by atoms with Crippen LogP contribution in [0.25, 0.3) is 17.2 Å². The number of fused-ring (bicyclic) bond motifs is 1. The van der Waals surface area contributed by atoms with E-state index in [9.17, 15) is 9.59 Å². The first-order valence-corrected chi connectivity index (χ1v) is 5.58. The van der Waals surface area contributed by atoms with Gasteiger partial charge in [0.15, 0.2) is 5.65 Å². The molecule has 2 aromatic rings. The molecule has 2 N–H and O–H groups in total. The monoisotopic (exact) mass is 254 g/mol. The van der Waals surface area contributed by atoms with Crippen molar-refractivity contribution in [2.75, 3.05) is 5.88 Å². The number of aromatic nitrogens is 4. The molecule has 0 aromatic carbocycles. The summed E-state index contributed by atoms with van der Waals surface area (Å²) in [6.07, 6.45) is 4.29. The van der Waals surface area contributed by atoms with E-state index in [0.717, 1.165) is 0 Å². The van der Waals surface area contributed by atoms with Crippen molar-refractivity contribution in [3.63, 3.8) is 0 Å². The summed E-state index contributed by atoms with van der Waals surface area (Å²) in [6.45, 7) is 0. The molecule has 0 aliphatic carbocycles. The minimum atomic E-state index is -0.481. The highest BCUT2D eigenvalue weighted by Crippen LogP contribution is 2.05. The highest BCUT2D eigenvalue weighted by Gasteiger charge is 2.08. The molecule has 6 nitrogen and oxygen atoms in total. The van der Waals surface area contributed by atoms with Crippen molar-refractivity contribution in [3.05, 3.63) is 32.7 Å². The number of hydrogen-bond acceptors (Lipinski definition) is 3. The van der Waals surface area contributed by atoms with E-state index in [1.54, 1.807) is 13.1 Å². The number of H-pyrrole nitrogens is 2. The largest absolute Gasteiger partial charge is 0.333 e. The number of aryl methyl sites for hydroxylation is 1. The normalized spacial score (nSPS) is 11.6. The minimum Gasteiger partial charge on any atom is -0.333 e. The van der Waals surface area contributed by atoms with Crippen molar-refractivity contribution in [3.8, 4) is 0 Å². The van der Waals surface area contributed by atoms with E-state index in [2.05, 4.69) is 15.0 Å². The van der Waals surface area contributed by atoms with E-state index >= 15 is 0 Å². The summed E-state index contributed by atoms with van der Waals surface area (Å²) in [5.41, 5.74) is -0.320. The molecule has 0 saturated heterocycles. The highest BCUT2D eigenvalue weighted by molar-refractivity contribution is 6.17. The molecule has 0 spiro atoms. The number of nitrogens with zero attached hydrogens (tertiary/aromatic N) is 2. The molecule has 17 heavy (non-hydrogen) atoms. The third kappa shape index (κ3) is 2.16. The van der Waals surface area contributed by atoms with Gasteiger partial charge >= 0.3 is 5.69 Å². The molecule has 0 unspecified atom stereocenters. The number of hydrogen-bond donors (Lipinski definition) is 2. The topological polar surface area (TPSA) is 83.5 Å². The third-order valence-electron chi connectivity index (χ3n) is 2.32. The van der Waals surface area contributed by atoms with Gasteiger partial charge < -0.3 is 4.98 Å². The van der Waals surface area contributed by atoms with Crippen LogP contribution in [-0.2, 0) is 7.05 Å². The maximum absolute atomic E-state index is 11.5. The second-order valence-corrected chi connectivity index (χ2v) is 3.90. The van der Waals surface area contributed by atoms with E-state index < -0.39 is 11.2 Å². The molecule has 0 saturated carbocycles. The van der Waals surface area contributed by atoms with Gasteiger partial charge in [0.2, 0.25) is 0 Å². The predicted octanol–water partition coefficient (Wildman–Crippen LogP) is 0.592. The Kier molecular flexibility index (Phi) is 3.14. The van der Waals surface area contributed by atoms with Crippen LogP contribution in [0.4, 0.5) is 0 Å². The van der Waals surface area contributed by atoms with E-state index in [-0.39, 0.29) is 5.52 Å². The van der Waals surface area contributed by atoms with Gasteiger partial charge in [-0.25, -0.2) is 9.78 Å². The van der Waals surface area contributed by atoms with Crippen LogP contribution in [0.15, 0.2) is 15.7 Å². The minimum absolute atomic E-state index is 0.289. The average Bonchev–Trinajstić information content (AvgIpc) is 2.71. The molecule has 7 heteroatoms. The smallest absolute Gasteiger partial charge is 0.329 e. The molecule has 2 rings (SSSR count). The van der Waals surface area contributed by atoms with Crippen LogP contribution in [0, 0.1) is 0 Å². The molecule has 0 aliphatic rings. The fourth-order valence-corrected chi connectivity index (χ4v) is 1.59. The van der Waals surface area contributed by atoms with Crippen LogP contribution >= 0.6 is 11.6 Å². The Hall–Kier alpha value is -1.82. The highest BCUT2D eigenvalue weighted by atomic mass is 35.5. The van der Waals surface area contributed by atoms with Crippen LogP contribution in [0.2, 0.25) is 0 Å². The van der Waals surface area contributed by atoms with Crippen LogP contribution in [-0.4, -0.2) is 25.4 Å². The molecule has 90 valence electrons. The average molecular weight is 255 g/mol. The van der Waals surface area contributed by atoms with Crippen LogP contribution < -0.4 is 11.2 Å². The SMILES string of the molecule is Cn1c(=O)[nH]c(=O)c2[nH]c(C=CCCCl)nc21. The van der Waals surface area contributed by atoms with Crippen LogP contribution in [0.1, 0.15) is 12.2 Å². The van der Waals surface area contributed by atoms with Crippen molar-refractivity contribution in [1.82, 2.24) is 19.5 Å².